The molecule has 4 heteroatoms. The van der Waals surface area contributed by atoms with Gasteiger partial charge in [0.1, 0.15) is 0 Å². The number of rotatable bonds is 6. The Morgan fingerprint density at radius 1 is 1.39 bits per heavy atom. The molecule has 0 saturated heterocycles. The predicted molar refractivity (Wildman–Crippen MR) is 75.6 cm³/mol. The monoisotopic (exact) mass is 269 g/mol. The Hall–Kier alpha value is -1.22. The highest BCUT2D eigenvalue weighted by molar-refractivity contribution is 6.33. The molecule has 0 aromatic heterocycles. The summed E-state index contributed by atoms with van der Waals surface area (Å²) in [5, 5.41) is 12.7. The zero-order valence-corrected chi connectivity index (χ0v) is 11.8. The van der Waals surface area contributed by atoms with Crippen molar-refractivity contribution < 1.29 is 9.90 Å². The van der Waals surface area contributed by atoms with Gasteiger partial charge < -0.3 is 10.4 Å². The van der Waals surface area contributed by atoms with Crippen molar-refractivity contribution in [2.24, 2.45) is 5.92 Å². The molecule has 18 heavy (non-hydrogen) atoms. The standard InChI is InChI=1S/C14H20ClNO2/c1-4-10(5-2)9(3)16-13-7-6-11(14(17)18)8-12(13)15/h6-10,16H,4-5H2,1-3H3,(H,17,18). The van der Waals surface area contributed by atoms with Gasteiger partial charge in [0.15, 0.2) is 0 Å². The third-order valence-corrected chi connectivity index (χ3v) is 3.67. The number of carboxylic acid groups (broad SMARTS) is 1. The Kier molecular flexibility index (Phi) is 5.48. The lowest BCUT2D eigenvalue weighted by Crippen LogP contribution is -2.25. The summed E-state index contributed by atoms with van der Waals surface area (Å²) in [6.45, 7) is 6.46. The maximum atomic E-state index is 10.8. The minimum Gasteiger partial charge on any atom is -0.478 e. The number of aromatic carboxylic acids is 1. The van der Waals surface area contributed by atoms with E-state index in [2.05, 4.69) is 26.1 Å². The fourth-order valence-electron chi connectivity index (χ4n) is 2.12. The molecule has 0 saturated carbocycles. The molecule has 100 valence electrons. The SMILES string of the molecule is CCC(CC)C(C)Nc1ccc(C(=O)O)cc1Cl. The summed E-state index contributed by atoms with van der Waals surface area (Å²) in [7, 11) is 0. The third kappa shape index (κ3) is 3.64. The topological polar surface area (TPSA) is 49.3 Å². The summed E-state index contributed by atoms with van der Waals surface area (Å²) >= 11 is 6.08. The van der Waals surface area contributed by atoms with E-state index in [0.717, 1.165) is 18.5 Å². The Balaban J connectivity index is 2.82. The molecule has 0 aliphatic carbocycles. The van der Waals surface area contributed by atoms with Crippen molar-refractivity contribution >= 4 is 23.3 Å². The van der Waals surface area contributed by atoms with E-state index in [0.29, 0.717) is 17.0 Å². The number of carbonyl (C=O) groups is 1. The van der Waals surface area contributed by atoms with Gasteiger partial charge in [-0.1, -0.05) is 38.3 Å². The molecule has 0 heterocycles. The highest BCUT2D eigenvalue weighted by Crippen LogP contribution is 2.26. The molecule has 1 aromatic carbocycles. The van der Waals surface area contributed by atoms with Crippen LogP contribution >= 0.6 is 11.6 Å². The summed E-state index contributed by atoms with van der Waals surface area (Å²) in [5.74, 6) is -0.378. The van der Waals surface area contributed by atoms with Crippen LogP contribution < -0.4 is 5.32 Å². The van der Waals surface area contributed by atoms with Crippen molar-refractivity contribution in [2.45, 2.75) is 39.7 Å². The van der Waals surface area contributed by atoms with Crippen molar-refractivity contribution in [3.05, 3.63) is 28.8 Å². The second-order valence-electron chi connectivity index (χ2n) is 4.51. The summed E-state index contributed by atoms with van der Waals surface area (Å²) < 4.78 is 0. The molecule has 0 spiro atoms. The molecule has 1 atom stereocenters. The van der Waals surface area contributed by atoms with Gasteiger partial charge in [-0.15, -0.1) is 0 Å². The van der Waals surface area contributed by atoms with Gasteiger partial charge in [0, 0.05) is 6.04 Å². The maximum absolute atomic E-state index is 10.8. The molecular formula is C14H20ClNO2. The predicted octanol–water partition coefficient (Wildman–Crippen LogP) is 4.27. The van der Waals surface area contributed by atoms with Crippen LogP contribution in [0, 0.1) is 5.92 Å². The molecular weight excluding hydrogens is 250 g/mol. The first kappa shape index (κ1) is 14.8. The molecule has 0 amide bonds. The molecule has 1 rings (SSSR count). The smallest absolute Gasteiger partial charge is 0.335 e. The zero-order valence-electron chi connectivity index (χ0n) is 11.0. The number of nitrogens with one attached hydrogen (secondary N) is 1. The van der Waals surface area contributed by atoms with Crippen molar-refractivity contribution in [1.29, 1.82) is 0 Å². The van der Waals surface area contributed by atoms with Crippen LogP contribution in [-0.2, 0) is 0 Å². The maximum Gasteiger partial charge on any atom is 0.335 e. The lowest BCUT2D eigenvalue weighted by atomic mass is 9.95. The minimum atomic E-state index is -0.962. The largest absolute Gasteiger partial charge is 0.478 e. The lowest BCUT2D eigenvalue weighted by Gasteiger charge is -2.24. The first-order chi connectivity index (χ1) is 8.49. The van der Waals surface area contributed by atoms with E-state index >= 15 is 0 Å². The van der Waals surface area contributed by atoms with Crippen LogP contribution in [0.3, 0.4) is 0 Å². The minimum absolute atomic E-state index is 0.209. The second kappa shape index (κ2) is 6.64. The van der Waals surface area contributed by atoms with Gasteiger partial charge in [-0.05, 0) is 31.0 Å². The fraction of sp³-hybridized carbons (Fsp3) is 0.500. The second-order valence-corrected chi connectivity index (χ2v) is 4.92. The number of anilines is 1. The van der Waals surface area contributed by atoms with Crippen molar-refractivity contribution in [3.8, 4) is 0 Å². The average Bonchev–Trinajstić information content (AvgIpc) is 2.33. The molecule has 0 fully saturated rings. The molecule has 1 unspecified atom stereocenters. The Labute approximate surface area is 113 Å². The van der Waals surface area contributed by atoms with E-state index < -0.39 is 5.97 Å². The molecule has 1 aromatic rings. The van der Waals surface area contributed by atoms with Gasteiger partial charge in [0.2, 0.25) is 0 Å². The van der Waals surface area contributed by atoms with Crippen LogP contribution in [0.25, 0.3) is 0 Å². The van der Waals surface area contributed by atoms with Gasteiger partial charge >= 0.3 is 5.97 Å². The van der Waals surface area contributed by atoms with Crippen molar-refractivity contribution in [3.63, 3.8) is 0 Å². The molecule has 0 aliphatic rings. The number of halogens is 1. The molecule has 2 N–H and O–H groups in total. The van der Waals surface area contributed by atoms with Gasteiger partial charge in [-0.3, -0.25) is 0 Å². The molecule has 3 nitrogen and oxygen atoms in total. The fourth-order valence-corrected chi connectivity index (χ4v) is 2.36. The van der Waals surface area contributed by atoms with E-state index in [9.17, 15) is 4.79 Å². The Bertz CT molecular complexity index is 416. The molecule has 0 radical (unpaired) electrons. The van der Waals surface area contributed by atoms with Crippen LogP contribution in [0.2, 0.25) is 5.02 Å². The number of benzene rings is 1. The van der Waals surface area contributed by atoms with E-state index in [1.807, 2.05) is 0 Å². The van der Waals surface area contributed by atoms with Gasteiger partial charge in [-0.25, -0.2) is 4.79 Å². The quantitative estimate of drug-likeness (QED) is 0.811. The summed E-state index contributed by atoms with van der Waals surface area (Å²) in [5.41, 5.74) is 1.00. The average molecular weight is 270 g/mol. The number of hydrogen-bond acceptors (Lipinski definition) is 2. The van der Waals surface area contributed by atoms with E-state index in [1.54, 1.807) is 12.1 Å². The Morgan fingerprint density at radius 2 is 2.00 bits per heavy atom. The van der Waals surface area contributed by atoms with Crippen LogP contribution in [0.15, 0.2) is 18.2 Å². The normalized spacial score (nSPS) is 12.5. The van der Waals surface area contributed by atoms with E-state index in [-0.39, 0.29) is 5.56 Å². The van der Waals surface area contributed by atoms with Crippen LogP contribution in [0.4, 0.5) is 5.69 Å². The van der Waals surface area contributed by atoms with Crippen molar-refractivity contribution in [1.82, 2.24) is 0 Å². The van der Waals surface area contributed by atoms with E-state index in [1.165, 1.54) is 6.07 Å². The Morgan fingerprint density at radius 3 is 2.44 bits per heavy atom. The number of carboxylic acids is 1. The van der Waals surface area contributed by atoms with Gasteiger partial charge in [0.05, 0.1) is 16.3 Å². The van der Waals surface area contributed by atoms with Gasteiger partial charge in [-0.2, -0.15) is 0 Å². The summed E-state index contributed by atoms with van der Waals surface area (Å²) in [4.78, 5) is 10.8. The highest BCUT2D eigenvalue weighted by Gasteiger charge is 2.15. The van der Waals surface area contributed by atoms with Crippen LogP contribution in [0.5, 0.6) is 0 Å². The van der Waals surface area contributed by atoms with Crippen molar-refractivity contribution in [2.75, 3.05) is 5.32 Å². The summed E-state index contributed by atoms with van der Waals surface area (Å²) in [6.07, 6.45) is 2.21. The summed E-state index contributed by atoms with van der Waals surface area (Å²) in [6, 6.07) is 5.08. The third-order valence-electron chi connectivity index (χ3n) is 3.36. The van der Waals surface area contributed by atoms with E-state index in [4.69, 9.17) is 16.7 Å². The molecule has 0 bridgehead atoms. The van der Waals surface area contributed by atoms with Crippen LogP contribution in [0.1, 0.15) is 44.0 Å². The van der Waals surface area contributed by atoms with Gasteiger partial charge in [0.25, 0.3) is 0 Å². The first-order valence-electron chi connectivity index (χ1n) is 6.28. The lowest BCUT2D eigenvalue weighted by molar-refractivity contribution is 0.0697. The first-order valence-corrected chi connectivity index (χ1v) is 6.66. The number of hydrogen-bond donors (Lipinski definition) is 2. The van der Waals surface area contributed by atoms with Crippen LogP contribution in [-0.4, -0.2) is 17.1 Å². The highest BCUT2D eigenvalue weighted by atomic mass is 35.5. The zero-order chi connectivity index (χ0) is 13.7. The molecule has 0 aliphatic heterocycles.